The minimum absolute atomic E-state index is 0.00381. The van der Waals surface area contributed by atoms with E-state index < -0.39 is 0 Å². The molecule has 0 spiro atoms. The summed E-state index contributed by atoms with van der Waals surface area (Å²) in [6, 6.07) is 7.98. The van der Waals surface area contributed by atoms with Gasteiger partial charge in [0.2, 0.25) is 11.8 Å². The highest BCUT2D eigenvalue weighted by molar-refractivity contribution is 9.10. The van der Waals surface area contributed by atoms with Crippen molar-refractivity contribution >= 4 is 27.7 Å². The van der Waals surface area contributed by atoms with Crippen LogP contribution in [0.1, 0.15) is 45.2 Å². The first-order chi connectivity index (χ1) is 10.9. The van der Waals surface area contributed by atoms with E-state index >= 15 is 0 Å². The third-order valence-electron chi connectivity index (χ3n) is 4.40. The zero-order chi connectivity index (χ0) is 17.0. The number of halogens is 1. The predicted molar refractivity (Wildman–Crippen MR) is 94.8 cm³/mol. The monoisotopic (exact) mass is 380 g/mol. The molecule has 2 amide bonds. The van der Waals surface area contributed by atoms with Crippen molar-refractivity contribution in [3.8, 4) is 0 Å². The Morgan fingerprint density at radius 3 is 2.22 bits per heavy atom. The number of amides is 2. The summed E-state index contributed by atoms with van der Waals surface area (Å²) in [6.07, 6.45) is 1.49. The number of piperidine rings is 1. The van der Waals surface area contributed by atoms with Crippen molar-refractivity contribution in [2.75, 3.05) is 13.1 Å². The van der Waals surface area contributed by atoms with Crippen molar-refractivity contribution in [2.24, 2.45) is 11.8 Å². The molecule has 0 aliphatic carbocycles. The lowest BCUT2D eigenvalue weighted by molar-refractivity contribution is -0.138. The van der Waals surface area contributed by atoms with Gasteiger partial charge in [-0.1, -0.05) is 41.9 Å². The van der Waals surface area contributed by atoms with E-state index in [0.29, 0.717) is 13.1 Å². The van der Waals surface area contributed by atoms with Gasteiger partial charge in [-0.05, 0) is 37.5 Å². The van der Waals surface area contributed by atoms with Crippen LogP contribution in [0, 0.1) is 11.8 Å². The van der Waals surface area contributed by atoms with Crippen LogP contribution in [0.15, 0.2) is 28.7 Å². The number of carbonyl (C=O) groups is 2. The normalized spacial score (nSPS) is 17.2. The molecule has 1 fully saturated rings. The van der Waals surface area contributed by atoms with Crippen LogP contribution in [0.5, 0.6) is 0 Å². The number of nitrogens with one attached hydrogen (secondary N) is 1. The molecule has 1 unspecified atom stereocenters. The smallest absolute Gasteiger partial charge is 0.225 e. The first-order valence-corrected chi connectivity index (χ1v) is 9.02. The summed E-state index contributed by atoms with van der Waals surface area (Å²) < 4.78 is 1.03. The maximum Gasteiger partial charge on any atom is 0.225 e. The van der Waals surface area contributed by atoms with E-state index in [1.165, 1.54) is 0 Å². The van der Waals surface area contributed by atoms with E-state index in [0.717, 1.165) is 22.9 Å². The van der Waals surface area contributed by atoms with Crippen molar-refractivity contribution in [1.29, 1.82) is 0 Å². The number of carbonyl (C=O) groups excluding carboxylic acids is 2. The highest BCUT2D eigenvalue weighted by Crippen LogP contribution is 2.21. The maximum atomic E-state index is 12.4. The number of nitrogens with zero attached hydrogens (tertiary/aromatic N) is 1. The Labute approximate surface area is 146 Å². The molecule has 0 bridgehead atoms. The average molecular weight is 381 g/mol. The van der Waals surface area contributed by atoms with Gasteiger partial charge in [0, 0.05) is 29.4 Å². The van der Waals surface area contributed by atoms with Crippen LogP contribution in [-0.4, -0.2) is 29.8 Å². The predicted octanol–water partition coefficient (Wildman–Crippen LogP) is 3.52. The van der Waals surface area contributed by atoms with Gasteiger partial charge in [-0.3, -0.25) is 9.59 Å². The third kappa shape index (κ3) is 4.80. The molecule has 0 saturated carbocycles. The first-order valence-electron chi connectivity index (χ1n) is 8.23. The highest BCUT2D eigenvalue weighted by atomic mass is 79.9. The van der Waals surface area contributed by atoms with Gasteiger partial charge < -0.3 is 10.2 Å². The molecule has 23 heavy (non-hydrogen) atoms. The summed E-state index contributed by atoms with van der Waals surface area (Å²) in [7, 11) is 0. The number of rotatable bonds is 4. The van der Waals surface area contributed by atoms with E-state index in [-0.39, 0.29) is 29.7 Å². The Hall–Kier alpha value is -1.36. The molecule has 2 rings (SSSR count). The molecule has 4 nitrogen and oxygen atoms in total. The van der Waals surface area contributed by atoms with Gasteiger partial charge in [-0.25, -0.2) is 0 Å². The molecule has 1 saturated heterocycles. The lowest BCUT2D eigenvalue weighted by Gasteiger charge is -2.33. The Morgan fingerprint density at radius 2 is 1.70 bits per heavy atom. The number of hydrogen-bond acceptors (Lipinski definition) is 2. The summed E-state index contributed by atoms with van der Waals surface area (Å²) in [4.78, 5) is 26.3. The molecule has 0 aromatic heterocycles. The van der Waals surface area contributed by atoms with E-state index in [9.17, 15) is 9.59 Å². The summed E-state index contributed by atoms with van der Waals surface area (Å²) in [5.41, 5.74) is 1.09. The summed E-state index contributed by atoms with van der Waals surface area (Å²) >= 11 is 3.42. The average Bonchev–Trinajstić information content (AvgIpc) is 2.54. The van der Waals surface area contributed by atoms with Crippen LogP contribution in [0.3, 0.4) is 0 Å². The zero-order valence-corrected chi connectivity index (χ0v) is 15.6. The summed E-state index contributed by atoms with van der Waals surface area (Å²) in [5.74, 6) is 0.311. The second-order valence-corrected chi connectivity index (χ2v) is 7.45. The molecule has 1 aromatic carbocycles. The molecule has 126 valence electrons. The van der Waals surface area contributed by atoms with Crippen molar-refractivity contribution in [1.82, 2.24) is 10.2 Å². The summed E-state index contributed by atoms with van der Waals surface area (Å²) in [6.45, 7) is 7.20. The van der Waals surface area contributed by atoms with Gasteiger partial charge in [0.05, 0.1) is 6.04 Å². The van der Waals surface area contributed by atoms with Gasteiger partial charge in [0.1, 0.15) is 0 Å². The highest BCUT2D eigenvalue weighted by Gasteiger charge is 2.28. The number of hydrogen-bond donors (Lipinski definition) is 1. The first kappa shape index (κ1) is 18.0. The third-order valence-corrected chi connectivity index (χ3v) is 4.93. The van der Waals surface area contributed by atoms with Gasteiger partial charge in [0.25, 0.3) is 0 Å². The standard InChI is InChI=1S/C18H25BrN2O2/c1-12(2)18(23)21-10-8-15(9-11-21)17(22)20-13(3)14-4-6-16(19)7-5-14/h4-7,12-13,15H,8-11H2,1-3H3,(H,20,22). The van der Waals surface area contributed by atoms with Crippen molar-refractivity contribution in [2.45, 2.75) is 39.7 Å². The molecular weight excluding hydrogens is 356 g/mol. The second kappa shape index (κ2) is 7.95. The van der Waals surface area contributed by atoms with Gasteiger partial charge in [-0.2, -0.15) is 0 Å². The molecule has 1 aliphatic heterocycles. The summed E-state index contributed by atoms with van der Waals surface area (Å²) in [5, 5.41) is 3.09. The molecule has 1 atom stereocenters. The van der Waals surface area contributed by atoms with E-state index in [4.69, 9.17) is 0 Å². The van der Waals surface area contributed by atoms with E-state index in [1.54, 1.807) is 0 Å². The molecule has 5 heteroatoms. The van der Waals surface area contributed by atoms with Crippen LogP contribution in [-0.2, 0) is 9.59 Å². The van der Waals surface area contributed by atoms with Crippen LogP contribution < -0.4 is 5.32 Å². The van der Waals surface area contributed by atoms with Crippen LogP contribution in [0.4, 0.5) is 0 Å². The van der Waals surface area contributed by atoms with Crippen LogP contribution in [0.2, 0.25) is 0 Å². The number of likely N-dealkylation sites (tertiary alicyclic amines) is 1. The molecule has 1 N–H and O–H groups in total. The molecule has 1 aliphatic rings. The lowest BCUT2D eigenvalue weighted by Crippen LogP contribution is -2.44. The second-order valence-electron chi connectivity index (χ2n) is 6.54. The fourth-order valence-electron chi connectivity index (χ4n) is 2.89. The fraction of sp³-hybridized carbons (Fsp3) is 0.556. The Morgan fingerprint density at radius 1 is 1.13 bits per heavy atom. The largest absolute Gasteiger partial charge is 0.349 e. The minimum atomic E-state index is -0.00840. The maximum absolute atomic E-state index is 12.4. The van der Waals surface area contributed by atoms with Gasteiger partial charge >= 0.3 is 0 Å². The lowest BCUT2D eigenvalue weighted by atomic mass is 9.94. The fourth-order valence-corrected chi connectivity index (χ4v) is 3.16. The zero-order valence-electron chi connectivity index (χ0n) is 14.0. The molecular formula is C18H25BrN2O2. The van der Waals surface area contributed by atoms with Crippen LogP contribution >= 0.6 is 15.9 Å². The van der Waals surface area contributed by atoms with Gasteiger partial charge in [-0.15, -0.1) is 0 Å². The van der Waals surface area contributed by atoms with Gasteiger partial charge in [0.15, 0.2) is 0 Å². The van der Waals surface area contributed by atoms with Crippen molar-refractivity contribution in [3.05, 3.63) is 34.3 Å². The Bertz CT molecular complexity index is 549. The molecule has 0 radical (unpaired) electrons. The van der Waals surface area contributed by atoms with Crippen molar-refractivity contribution in [3.63, 3.8) is 0 Å². The Balaban J connectivity index is 1.85. The quantitative estimate of drug-likeness (QED) is 0.868. The Kier molecular flexibility index (Phi) is 6.22. The van der Waals surface area contributed by atoms with E-state index in [1.807, 2.05) is 49.9 Å². The topological polar surface area (TPSA) is 49.4 Å². The molecule has 1 aromatic rings. The van der Waals surface area contributed by atoms with E-state index in [2.05, 4.69) is 21.2 Å². The molecule has 1 heterocycles. The SMILES string of the molecule is CC(C)C(=O)N1CCC(C(=O)NC(C)c2ccc(Br)cc2)CC1. The number of benzene rings is 1. The van der Waals surface area contributed by atoms with Crippen molar-refractivity contribution < 1.29 is 9.59 Å². The minimum Gasteiger partial charge on any atom is -0.349 e. The van der Waals surface area contributed by atoms with Crippen LogP contribution in [0.25, 0.3) is 0 Å².